The van der Waals surface area contributed by atoms with E-state index in [2.05, 4.69) is 36.5 Å². The molecule has 4 amide bonds. The molecule has 336 valence electrons. The first-order valence-corrected chi connectivity index (χ1v) is 20.5. The number of carbonyl (C=O) groups is 6. The van der Waals surface area contributed by atoms with Gasteiger partial charge in [-0.1, -0.05) is 24.3 Å². The number of carboxylic acids is 2. The minimum atomic E-state index is -3.19. The number of carbonyl (C=O) groups excluding carboxylic acids is 4. The van der Waals surface area contributed by atoms with Gasteiger partial charge in [0.05, 0.1) is 49.0 Å². The number of thiocarbonyl (C=S) groups is 1. The van der Waals surface area contributed by atoms with Gasteiger partial charge in [-0.15, -0.1) is 0 Å². The summed E-state index contributed by atoms with van der Waals surface area (Å²) in [6.07, 6.45) is 0.294. The van der Waals surface area contributed by atoms with Gasteiger partial charge in [0.15, 0.2) is 5.11 Å². The van der Waals surface area contributed by atoms with E-state index in [1.807, 2.05) is 34.1 Å². The molecule has 0 spiro atoms. The molecular formula is C41H49F2N11O8S. The van der Waals surface area contributed by atoms with Gasteiger partial charge in [0.1, 0.15) is 6.04 Å². The van der Waals surface area contributed by atoms with E-state index >= 15 is 0 Å². The summed E-state index contributed by atoms with van der Waals surface area (Å²) in [5.41, 5.74) is 2.40. The van der Waals surface area contributed by atoms with Crippen LogP contribution in [0.25, 0.3) is 10.9 Å². The second-order valence-corrected chi connectivity index (χ2v) is 15.5. The van der Waals surface area contributed by atoms with Crippen LogP contribution in [-0.4, -0.2) is 166 Å². The van der Waals surface area contributed by atoms with Crippen molar-refractivity contribution < 1.29 is 47.8 Å². The van der Waals surface area contributed by atoms with Gasteiger partial charge in [-0.2, -0.15) is 5.26 Å². The van der Waals surface area contributed by atoms with Crippen LogP contribution in [0, 0.1) is 11.3 Å². The molecule has 0 unspecified atom stereocenters. The fraction of sp³-hybridized carbons (Fsp3) is 0.439. The van der Waals surface area contributed by atoms with Gasteiger partial charge in [0.25, 0.3) is 11.8 Å². The van der Waals surface area contributed by atoms with Gasteiger partial charge in [-0.05, 0) is 42.0 Å². The number of benzene rings is 2. The maximum atomic E-state index is 13.8. The molecule has 2 aliphatic heterocycles. The smallest absolute Gasteiger partial charge is 0.317 e. The Balaban J connectivity index is 1.01. The van der Waals surface area contributed by atoms with E-state index in [-0.39, 0.29) is 55.2 Å². The Morgan fingerprint density at radius 3 is 2.06 bits per heavy atom. The largest absolute Gasteiger partial charge is 0.480 e. The zero-order chi connectivity index (χ0) is 45.5. The van der Waals surface area contributed by atoms with E-state index in [4.69, 9.17) is 12.2 Å². The molecule has 1 aromatic heterocycles. The lowest BCUT2D eigenvalue weighted by molar-refractivity contribution is -0.140. The molecule has 3 heterocycles. The SMILES string of the molecule is N#C[C@@H]1CC(F)(F)CN1C(=O)CNC(=O)c1ccnc2c(NC(=O)CCC(=O)NCCNC(=S)Nc3ccc(CN4CCN(CC(=O)O)CCN(CC(=O)O)CC4)cc3)cccc12. The number of halogens is 2. The standard InChI is InChI=1S/C41H49F2N11O8S/c42-41(43)20-29(21-44)54(26-41)35(57)22-48-39(62)31-10-11-46-38-30(31)2-1-3-32(38)50-34(56)9-8-33(55)45-12-13-47-40(63)49-28-6-4-27(5-7-28)23-51-14-16-52(24-36(58)59)18-19-53(17-15-51)25-37(60)61/h1-7,10-11,29H,8-9,12-20,22-26H2,(H,45,55)(H,48,62)(H,50,56)(H,58,59)(H,60,61)(H2,47,49,63)/t29-/m0/s1. The molecule has 0 aliphatic carbocycles. The number of alkyl halides is 2. The summed E-state index contributed by atoms with van der Waals surface area (Å²) in [4.78, 5) is 84.5. The number of nitrogens with one attached hydrogen (secondary N) is 5. The molecule has 0 radical (unpaired) electrons. The molecule has 2 fully saturated rings. The summed E-state index contributed by atoms with van der Waals surface area (Å²) in [5.74, 6) is -7.42. The first-order valence-electron chi connectivity index (χ1n) is 20.1. The van der Waals surface area contributed by atoms with Gasteiger partial charge < -0.3 is 41.7 Å². The normalized spacial score (nSPS) is 17.0. The zero-order valence-corrected chi connectivity index (χ0v) is 35.1. The van der Waals surface area contributed by atoms with Crippen molar-refractivity contribution in [1.29, 1.82) is 5.26 Å². The van der Waals surface area contributed by atoms with Gasteiger partial charge >= 0.3 is 11.9 Å². The number of pyridine rings is 1. The third-order valence-corrected chi connectivity index (χ3v) is 10.5. The van der Waals surface area contributed by atoms with Crippen molar-refractivity contribution in [3.05, 3.63) is 65.9 Å². The van der Waals surface area contributed by atoms with Crippen molar-refractivity contribution in [2.45, 2.75) is 37.8 Å². The van der Waals surface area contributed by atoms with Crippen LogP contribution in [0.2, 0.25) is 0 Å². The Labute approximate surface area is 366 Å². The third kappa shape index (κ3) is 14.9. The summed E-state index contributed by atoms with van der Waals surface area (Å²) in [7, 11) is 0. The van der Waals surface area contributed by atoms with Gasteiger partial charge in [-0.25, -0.2) is 8.78 Å². The summed E-state index contributed by atoms with van der Waals surface area (Å²) < 4.78 is 27.6. The van der Waals surface area contributed by atoms with E-state index in [1.54, 1.807) is 24.3 Å². The number of nitrogens with zero attached hydrogens (tertiary/aromatic N) is 6. The van der Waals surface area contributed by atoms with E-state index in [1.165, 1.54) is 12.3 Å². The highest BCUT2D eigenvalue weighted by Crippen LogP contribution is 2.31. The van der Waals surface area contributed by atoms with Gasteiger partial charge in [0.2, 0.25) is 17.7 Å². The van der Waals surface area contributed by atoms with Crippen LogP contribution in [0.5, 0.6) is 0 Å². The monoisotopic (exact) mass is 893 g/mol. The number of fused-ring (bicyclic) bond motifs is 1. The van der Waals surface area contributed by atoms with Crippen molar-refractivity contribution >= 4 is 75.2 Å². The number of rotatable bonds is 17. The first kappa shape index (κ1) is 47.6. The molecular weight excluding hydrogens is 845 g/mol. The van der Waals surface area contributed by atoms with Crippen LogP contribution in [0.1, 0.15) is 35.2 Å². The Hall–Kier alpha value is -6.41. The Bertz CT molecular complexity index is 2180. The number of carboxylic acid groups (broad SMARTS) is 2. The topological polar surface area (TPSA) is 253 Å². The Morgan fingerprint density at radius 1 is 0.810 bits per heavy atom. The first-order chi connectivity index (χ1) is 30.1. The highest BCUT2D eigenvalue weighted by molar-refractivity contribution is 7.80. The quantitative estimate of drug-likeness (QED) is 0.0741. The predicted molar refractivity (Wildman–Crippen MR) is 230 cm³/mol. The van der Waals surface area contributed by atoms with Crippen LogP contribution in [-0.2, 0) is 30.5 Å². The molecule has 2 aliphatic rings. The summed E-state index contributed by atoms with van der Waals surface area (Å²) >= 11 is 5.40. The van der Waals surface area contributed by atoms with E-state index in [0.717, 1.165) is 16.2 Å². The minimum absolute atomic E-state index is 0.113. The lowest BCUT2D eigenvalue weighted by Crippen LogP contribution is -2.43. The molecule has 3 aromatic rings. The number of hydrogen-bond acceptors (Lipinski definition) is 12. The number of aromatic nitrogens is 1. The second kappa shape index (κ2) is 22.6. The van der Waals surface area contributed by atoms with E-state index < -0.39 is 61.1 Å². The van der Waals surface area contributed by atoms with Crippen LogP contribution in [0.15, 0.2) is 54.7 Å². The number of likely N-dealkylation sites (tertiary alicyclic amines) is 1. The van der Waals surface area contributed by atoms with Crippen LogP contribution in [0.3, 0.4) is 0 Å². The summed E-state index contributed by atoms with van der Waals surface area (Å²) in [6.45, 7) is 2.62. The molecule has 63 heavy (non-hydrogen) atoms. The molecule has 0 bridgehead atoms. The average molecular weight is 894 g/mol. The fourth-order valence-corrected chi connectivity index (χ4v) is 7.32. The second-order valence-electron chi connectivity index (χ2n) is 15.1. The number of nitriles is 1. The van der Waals surface area contributed by atoms with Crippen molar-refractivity contribution in [3.63, 3.8) is 0 Å². The van der Waals surface area contributed by atoms with Crippen molar-refractivity contribution in [2.75, 3.05) is 89.2 Å². The van der Waals surface area contributed by atoms with Crippen molar-refractivity contribution in [2.24, 2.45) is 0 Å². The molecule has 1 atom stereocenters. The predicted octanol–water partition coefficient (Wildman–Crippen LogP) is 1.13. The van der Waals surface area contributed by atoms with Crippen molar-refractivity contribution in [3.8, 4) is 6.07 Å². The number of amides is 4. The molecule has 19 nitrogen and oxygen atoms in total. The number of anilines is 2. The van der Waals surface area contributed by atoms with Crippen LogP contribution in [0.4, 0.5) is 20.2 Å². The van der Waals surface area contributed by atoms with Crippen LogP contribution >= 0.6 is 12.2 Å². The van der Waals surface area contributed by atoms with Gasteiger partial charge in [-0.3, -0.25) is 48.5 Å². The van der Waals surface area contributed by atoms with Gasteiger partial charge in [0, 0.05) is 95.4 Å². The maximum absolute atomic E-state index is 13.8. The lowest BCUT2D eigenvalue weighted by Gasteiger charge is -2.25. The minimum Gasteiger partial charge on any atom is -0.480 e. The highest BCUT2D eigenvalue weighted by Gasteiger charge is 2.47. The Morgan fingerprint density at radius 2 is 1.43 bits per heavy atom. The molecule has 2 saturated heterocycles. The molecule has 7 N–H and O–H groups in total. The molecule has 2 aromatic carbocycles. The number of hydrogen-bond donors (Lipinski definition) is 7. The number of aliphatic carboxylic acids is 2. The van der Waals surface area contributed by atoms with E-state index in [0.29, 0.717) is 62.9 Å². The molecule has 0 saturated carbocycles. The Kier molecular flexibility index (Phi) is 17.1. The van der Waals surface area contributed by atoms with Crippen LogP contribution < -0.4 is 26.6 Å². The highest BCUT2D eigenvalue weighted by atomic mass is 32.1. The zero-order valence-electron chi connectivity index (χ0n) is 34.3. The summed E-state index contributed by atoms with van der Waals surface area (Å²) in [5, 5.41) is 42.4. The van der Waals surface area contributed by atoms with Crippen molar-refractivity contribution in [1.82, 2.24) is 40.5 Å². The molecule has 22 heteroatoms. The lowest BCUT2D eigenvalue weighted by atomic mass is 10.1. The number of para-hydroxylation sites is 1. The third-order valence-electron chi connectivity index (χ3n) is 10.3. The maximum Gasteiger partial charge on any atom is 0.317 e. The summed E-state index contributed by atoms with van der Waals surface area (Å²) in [6, 6.07) is 14.2. The average Bonchev–Trinajstić information content (AvgIpc) is 3.60. The fourth-order valence-electron chi connectivity index (χ4n) is 7.10. The van der Waals surface area contributed by atoms with E-state index in [9.17, 15) is 53.0 Å². The molecule has 5 rings (SSSR count).